The zero-order valence-corrected chi connectivity index (χ0v) is 12.2. The number of hydrogen-bond acceptors (Lipinski definition) is 4. The Morgan fingerprint density at radius 2 is 2.11 bits per heavy atom. The SMILES string of the molecule is CCCCC(Nc1ccc(OC)c(C)c1)C(=O)OC. The van der Waals surface area contributed by atoms with Gasteiger partial charge >= 0.3 is 5.97 Å². The Morgan fingerprint density at radius 3 is 2.63 bits per heavy atom. The molecule has 0 spiro atoms. The van der Waals surface area contributed by atoms with E-state index < -0.39 is 0 Å². The van der Waals surface area contributed by atoms with Crippen LogP contribution < -0.4 is 10.1 Å². The van der Waals surface area contributed by atoms with Gasteiger partial charge in [-0.25, -0.2) is 4.79 Å². The molecule has 19 heavy (non-hydrogen) atoms. The van der Waals surface area contributed by atoms with Gasteiger partial charge in [0, 0.05) is 5.69 Å². The summed E-state index contributed by atoms with van der Waals surface area (Å²) < 4.78 is 10.0. The number of anilines is 1. The first-order valence-electron chi connectivity index (χ1n) is 6.61. The maximum atomic E-state index is 11.7. The zero-order valence-electron chi connectivity index (χ0n) is 12.2. The first-order valence-corrected chi connectivity index (χ1v) is 6.61. The van der Waals surface area contributed by atoms with E-state index in [1.165, 1.54) is 7.11 Å². The lowest BCUT2D eigenvalue weighted by Gasteiger charge is -2.18. The standard InChI is InChI=1S/C15H23NO3/c1-5-6-7-13(15(17)19-4)16-12-8-9-14(18-3)11(2)10-12/h8-10,13,16H,5-7H2,1-4H3. The molecule has 0 heterocycles. The van der Waals surface area contributed by atoms with Crippen LogP contribution >= 0.6 is 0 Å². The van der Waals surface area contributed by atoms with Crippen LogP contribution in [-0.4, -0.2) is 26.2 Å². The highest BCUT2D eigenvalue weighted by molar-refractivity contribution is 5.79. The molecular formula is C15H23NO3. The molecule has 0 aliphatic heterocycles. The molecule has 0 aromatic heterocycles. The average molecular weight is 265 g/mol. The van der Waals surface area contributed by atoms with E-state index in [4.69, 9.17) is 9.47 Å². The van der Waals surface area contributed by atoms with Crippen LogP contribution in [-0.2, 0) is 9.53 Å². The van der Waals surface area contributed by atoms with Gasteiger partial charge in [-0.1, -0.05) is 19.8 Å². The van der Waals surface area contributed by atoms with Crippen molar-refractivity contribution in [1.29, 1.82) is 0 Å². The van der Waals surface area contributed by atoms with Crippen molar-refractivity contribution in [3.8, 4) is 5.75 Å². The Hall–Kier alpha value is -1.71. The smallest absolute Gasteiger partial charge is 0.328 e. The Bertz CT molecular complexity index is 418. The molecule has 0 saturated carbocycles. The maximum Gasteiger partial charge on any atom is 0.328 e. The van der Waals surface area contributed by atoms with Crippen LogP contribution in [0.4, 0.5) is 5.69 Å². The number of esters is 1. The lowest BCUT2D eigenvalue weighted by molar-refractivity contribution is -0.141. The summed E-state index contributed by atoms with van der Waals surface area (Å²) in [6, 6.07) is 5.48. The summed E-state index contributed by atoms with van der Waals surface area (Å²) in [5, 5.41) is 3.23. The monoisotopic (exact) mass is 265 g/mol. The molecular weight excluding hydrogens is 242 g/mol. The summed E-state index contributed by atoms with van der Waals surface area (Å²) in [5.74, 6) is 0.621. The minimum Gasteiger partial charge on any atom is -0.496 e. The molecule has 4 heteroatoms. The molecule has 1 N–H and O–H groups in total. The van der Waals surface area contributed by atoms with Crippen LogP contribution in [0, 0.1) is 6.92 Å². The van der Waals surface area contributed by atoms with E-state index in [1.54, 1.807) is 7.11 Å². The lowest BCUT2D eigenvalue weighted by Crippen LogP contribution is -2.30. The van der Waals surface area contributed by atoms with E-state index in [1.807, 2.05) is 25.1 Å². The second-order valence-corrected chi connectivity index (χ2v) is 4.55. The van der Waals surface area contributed by atoms with Gasteiger partial charge in [-0.05, 0) is 37.1 Å². The van der Waals surface area contributed by atoms with Crippen LogP contribution in [0.15, 0.2) is 18.2 Å². The molecule has 1 aromatic carbocycles. The van der Waals surface area contributed by atoms with Crippen molar-refractivity contribution in [2.45, 2.75) is 39.2 Å². The van der Waals surface area contributed by atoms with Crippen molar-refractivity contribution in [1.82, 2.24) is 0 Å². The third-order valence-corrected chi connectivity index (χ3v) is 3.07. The first kappa shape index (κ1) is 15.3. The van der Waals surface area contributed by atoms with Crippen LogP contribution in [0.25, 0.3) is 0 Å². The number of aryl methyl sites for hydroxylation is 1. The first-order chi connectivity index (χ1) is 9.12. The van der Waals surface area contributed by atoms with Crippen molar-refractivity contribution in [3.63, 3.8) is 0 Å². The fraction of sp³-hybridized carbons (Fsp3) is 0.533. The van der Waals surface area contributed by atoms with Gasteiger partial charge in [-0.2, -0.15) is 0 Å². The summed E-state index contributed by atoms with van der Waals surface area (Å²) in [4.78, 5) is 11.7. The van der Waals surface area contributed by atoms with E-state index in [9.17, 15) is 4.79 Å². The van der Waals surface area contributed by atoms with Crippen molar-refractivity contribution in [2.24, 2.45) is 0 Å². The highest BCUT2D eigenvalue weighted by Gasteiger charge is 2.18. The number of methoxy groups -OCH3 is 2. The van der Waals surface area contributed by atoms with Gasteiger partial charge in [-0.3, -0.25) is 0 Å². The highest BCUT2D eigenvalue weighted by Crippen LogP contribution is 2.22. The number of nitrogens with one attached hydrogen (secondary N) is 1. The third kappa shape index (κ3) is 4.47. The number of unbranched alkanes of at least 4 members (excludes halogenated alkanes) is 1. The second kappa shape index (κ2) is 7.67. The molecule has 1 atom stereocenters. The molecule has 0 aliphatic carbocycles. The molecule has 0 amide bonds. The quantitative estimate of drug-likeness (QED) is 0.769. The van der Waals surface area contributed by atoms with E-state index >= 15 is 0 Å². The number of hydrogen-bond donors (Lipinski definition) is 1. The number of rotatable bonds is 7. The van der Waals surface area contributed by atoms with Crippen LogP contribution in [0.3, 0.4) is 0 Å². The lowest BCUT2D eigenvalue weighted by atomic mass is 10.1. The van der Waals surface area contributed by atoms with Crippen molar-refractivity contribution >= 4 is 11.7 Å². The van der Waals surface area contributed by atoms with Gasteiger partial charge in [0.25, 0.3) is 0 Å². The topological polar surface area (TPSA) is 47.6 Å². The molecule has 1 aromatic rings. The Labute approximate surface area is 115 Å². The second-order valence-electron chi connectivity index (χ2n) is 4.55. The van der Waals surface area contributed by atoms with Crippen LogP contribution in [0.1, 0.15) is 31.7 Å². The van der Waals surface area contributed by atoms with Gasteiger partial charge in [-0.15, -0.1) is 0 Å². The highest BCUT2D eigenvalue weighted by atomic mass is 16.5. The number of carbonyl (C=O) groups excluding carboxylic acids is 1. The predicted molar refractivity (Wildman–Crippen MR) is 76.7 cm³/mol. The molecule has 1 rings (SSSR count). The number of benzene rings is 1. The number of carbonyl (C=O) groups is 1. The molecule has 4 nitrogen and oxygen atoms in total. The van der Waals surface area contributed by atoms with Gasteiger partial charge in [0.1, 0.15) is 11.8 Å². The Balaban J connectivity index is 2.77. The third-order valence-electron chi connectivity index (χ3n) is 3.07. The summed E-state index contributed by atoms with van der Waals surface area (Å²) in [6.45, 7) is 4.08. The van der Waals surface area contributed by atoms with Gasteiger partial charge in [0.15, 0.2) is 0 Å². The molecule has 0 saturated heterocycles. The average Bonchev–Trinajstić information content (AvgIpc) is 2.42. The fourth-order valence-corrected chi connectivity index (χ4v) is 1.97. The van der Waals surface area contributed by atoms with Crippen LogP contribution in [0.2, 0.25) is 0 Å². The van der Waals surface area contributed by atoms with Crippen molar-refractivity contribution in [3.05, 3.63) is 23.8 Å². The van der Waals surface area contributed by atoms with Crippen LogP contribution in [0.5, 0.6) is 5.75 Å². The molecule has 0 radical (unpaired) electrons. The summed E-state index contributed by atoms with van der Waals surface area (Å²) in [6.07, 6.45) is 2.81. The van der Waals surface area contributed by atoms with E-state index in [0.717, 1.165) is 36.3 Å². The van der Waals surface area contributed by atoms with E-state index in [0.29, 0.717) is 0 Å². The zero-order chi connectivity index (χ0) is 14.3. The van der Waals surface area contributed by atoms with E-state index in [2.05, 4.69) is 12.2 Å². The summed E-state index contributed by atoms with van der Waals surface area (Å²) in [7, 11) is 3.07. The molecule has 1 unspecified atom stereocenters. The minimum atomic E-state index is -0.294. The van der Waals surface area contributed by atoms with Gasteiger partial charge < -0.3 is 14.8 Å². The van der Waals surface area contributed by atoms with Gasteiger partial charge in [0.2, 0.25) is 0 Å². The van der Waals surface area contributed by atoms with Gasteiger partial charge in [0.05, 0.1) is 14.2 Å². The Kier molecular flexibility index (Phi) is 6.19. The molecule has 106 valence electrons. The Morgan fingerprint density at radius 1 is 1.37 bits per heavy atom. The number of ether oxygens (including phenoxy) is 2. The summed E-state index contributed by atoms with van der Waals surface area (Å²) >= 11 is 0. The predicted octanol–water partition coefficient (Wildman–Crippen LogP) is 3.15. The molecule has 0 fully saturated rings. The minimum absolute atomic E-state index is 0.220. The molecule has 0 bridgehead atoms. The maximum absolute atomic E-state index is 11.7. The fourth-order valence-electron chi connectivity index (χ4n) is 1.97. The van der Waals surface area contributed by atoms with E-state index in [-0.39, 0.29) is 12.0 Å². The van der Waals surface area contributed by atoms with Crippen molar-refractivity contribution in [2.75, 3.05) is 19.5 Å². The largest absolute Gasteiger partial charge is 0.496 e. The van der Waals surface area contributed by atoms with Crippen molar-refractivity contribution < 1.29 is 14.3 Å². The normalized spacial score (nSPS) is 11.8. The molecule has 0 aliphatic rings. The summed E-state index contributed by atoms with van der Waals surface area (Å²) in [5.41, 5.74) is 1.94.